The van der Waals surface area contributed by atoms with Gasteiger partial charge in [-0.15, -0.1) is 0 Å². The Labute approximate surface area is 326 Å². The summed E-state index contributed by atoms with van der Waals surface area (Å²) < 4.78 is 7.00. The number of para-hydroxylation sites is 1. The van der Waals surface area contributed by atoms with Gasteiger partial charge in [0.1, 0.15) is 11.2 Å². The number of hydrogen-bond acceptors (Lipinski definition) is 1. The van der Waals surface area contributed by atoms with Gasteiger partial charge in [0.05, 0.1) is 0 Å². The minimum atomic E-state index is -2.91. The highest BCUT2D eigenvalue weighted by molar-refractivity contribution is 7.20. The molecule has 10 aromatic carbocycles. The average molecular weight is 729 g/mol. The maximum absolute atomic E-state index is 7.00. The zero-order valence-electron chi connectivity index (χ0n) is 30.7. The molecule has 11 rings (SSSR count). The van der Waals surface area contributed by atoms with Crippen LogP contribution in [0.25, 0.3) is 76.5 Å². The van der Waals surface area contributed by atoms with E-state index in [9.17, 15) is 0 Å². The van der Waals surface area contributed by atoms with Crippen LogP contribution in [0.15, 0.2) is 223 Å². The van der Waals surface area contributed by atoms with E-state index in [4.69, 9.17) is 4.42 Å². The fourth-order valence-electron chi connectivity index (χ4n) is 9.37. The molecule has 56 heavy (non-hydrogen) atoms. The second-order valence-electron chi connectivity index (χ2n) is 14.7. The van der Waals surface area contributed by atoms with Gasteiger partial charge in [0.15, 0.2) is 8.07 Å². The lowest BCUT2D eigenvalue weighted by atomic mass is 9.85. The maximum atomic E-state index is 7.00. The van der Waals surface area contributed by atoms with Crippen LogP contribution < -0.4 is 20.7 Å². The van der Waals surface area contributed by atoms with Gasteiger partial charge >= 0.3 is 0 Å². The van der Waals surface area contributed by atoms with Crippen molar-refractivity contribution in [1.29, 1.82) is 0 Å². The van der Waals surface area contributed by atoms with Crippen molar-refractivity contribution in [3.8, 4) is 22.3 Å². The number of benzene rings is 10. The van der Waals surface area contributed by atoms with Gasteiger partial charge < -0.3 is 4.42 Å². The summed E-state index contributed by atoms with van der Waals surface area (Å²) in [6, 6.07) is 80.5. The van der Waals surface area contributed by atoms with E-state index in [1.54, 1.807) is 0 Å². The van der Waals surface area contributed by atoms with Crippen LogP contribution in [0.4, 0.5) is 0 Å². The minimum absolute atomic E-state index is 0.897. The van der Waals surface area contributed by atoms with Gasteiger partial charge in [-0.2, -0.15) is 0 Å². The summed E-state index contributed by atoms with van der Waals surface area (Å²) >= 11 is 0. The third kappa shape index (κ3) is 4.93. The van der Waals surface area contributed by atoms with Gasteiger partial charge in [-0.25, -0.2) is 0 Å². The fourth-order valence-corrected chi connectivity index (χ4v) is 14.2. The standard InChI is InChI=1S/C54H36OSi/c1-4-20-40(21-5-1)56(41-22-6-2-7-23-41,42-24-8-3-9-25-42)43-35-49-44-26-16-17-31-51(44)55-54(49)50(36-43)53-47-29-14-12-27-45(47)52(46-28-13-15-30-48(46)53)39-33-32-37-18-10-11-19-38(37)34-39/h1-36H. The number of hydrogen-bond donors (Lipinski definition) is 0. The molecule has 0 saturated heterocycles. The molecular formula is C54H36OSi. The predicted molar refractivity (Wildman–Crippen MR) is 241 cm³/mol. The fraction of sp³-hybridized carbons (Fsp3) is 0. The van der Waals surface area contributed by atoms with Crippen molar-refractivity contribution in [2.45, 2.75) is 0 Å². The monoisotopic (exact) mass is 728 g/mol. The van der Waals surface area contributed by atoms with Gasteiger partial charge in [-0.05, 0) is 76.3 Å². The van der Waals surface area contributed by atoms with E-state index in [1.165, 1.54) is 69.8 Å². The maximum Gasteiger partial charge on any atom is 0.179 e. The Balaban J connectivity index is 1.32. The summed E-state index contributed by atoms with van der Waals surface area (Å²) in [6.07, 6.45) is 0. The highest BCUT2D eigenvalue weighted by Crippen LogP contribution is 2.46. The molecule has 0 fully saturated rings. The van der Waals surface area contributed by atoms with E-state index in [1.807, 2.05) is 0 Å². The largest absolute Gasteiger partial charge is 0.455 e. The first-order valence-corrected chi connectivity index (χ1v) is 21.3. The van der Waals surface area contributed by atoms with Crippen LogP contribution in [0.1, 0.15) is 0 Å². The van der Waals surface area contributed by atoms with Crippen molar-refractivity contribution in [3.63, 3.8) is 0 Å². The Bertz CT molecular complexity index is 3080. The van der Waals surface area contributed by atoms with E-state index in [2.05, 4.69) is 218 Å². The van der Waals surface area contributed by atoms with Crippen LogP contribution >= 0.6 is 0 Å². The van der Waals surface area contributed by atoms with Gasteiger partial charge in [-0.3, -0.25) is 0 Å². The summed E-state index contributed by atoms with van der Waals surface area (Å²) in [5, 5.41) is 15.0. The Morgan fingerprint density at radius 3 is 1.34 bits per heavy atom. The molecule has 11 aromatic rings. The third-order valence-electron chi connectivity index (χ3n) is 11.8. The van der Waals surface area contributed by atoms with E-state index in [0.29, 0.717) is 0 Å². The predicted octanol–water partition coefficient (Wildman–Crippen LogP) is 11.8. The van der Waals surface area contributed by atoms with Gasteiger partial charge in [0.2, 0.25) is 0 Å². The van der Waals surface area contributed by atoms with Crippen molar-refractivity contribution in [2.75, 3.05) is 0 Å². The highest BCUT2D eigenvalue weighted by atomic mass is 28.3. The molecular weight excluding hydrogens is 693 g/mol. The zero-order chi connectivity index (χ0) is 37.1. The average Bonchev–Trinajstić information content (AvgIpc) is 3.65. The quantitative estimate of drug-likeness (QED) is 0.0944. The molecule has 262 valence electrons. The molecule has 0 bridgehead atoms. The number of rotatable bonds is 6. The number of furan rings is 1. The molecule has 2 heteroatoms. The molecule has 1 nitrogen and oxygen atoms in total. The summed E-state index contributed by atoms with van der Waals surface area (Å²) in [6.45, 7) is 0. The first-order chi connectivity index (χ1) is 27.8. The van der Waals surface area contributed by atoms with E-state index < -0.39 is 8.07 Å². The molecule has 0 amide bonds. The third-order valence-corrected chi connectivity index (χ3v) is 16.5. The Kier molecular flexibility index (Phi) is 7.58. The molecule has 0 unspecified atom stereocenters. The lowest BCUT2D eigenvalue weighted by molar-refractivity contribution is 0.670. The van der Waals surface area contributed by atoms with Crippen LogP contribution in [0.2, 0.25) is 0 Å². The van der Waals surface area contributed by atoms with Gasteiger partial charge in [0, 0.05) is 21.9 Å². The van der Waals surface area contributed by atoms with Crippen molar-refractivity contribution in [3.05, 3.63) is 218 Å². The number of fused-ring (bicyclic) bond motifs is 6. The molecule has 0 aliphatic carbocycles. The second kappa shape index (κ2) is 13.1. The lowest BCUT2D eigenvalue weighted by Crippen LogP contribution is -2.74. The summed E-state index contributed by atoms with van der Waals surface area (Å²) in [5.41, 5.74) is 6.60. The minimum Gasteiger partial charge on any atom is -0.455 e. The Morgan fingerprint density at radius 2 is 0.768 bits per heavy atom. The summed E-state index contributed by atoms with van der Waals surface area (Å²) in [5.74, 6) is 0. The van der Waals surface area contributed by atoms with Crippen LogP contribution in [0.3, 0.4) is 0 Å². The van der Waals surface area contributed by atoms with Crippen molar-refractivity contribution in [2.24, 2.45) is 0 Å². The molecule has 0 aliphatic rings. The zero-order valence-corrected chi connectivity index (χ0v) is 31.7. The molecule has 0 radical (unpaired) electrons. The van der Waals surface area contributed by atoms with Crippen molar-refractivity contribution >= 4 is 83.1 Å². The topological polar surface area (TPSA) is 13.1 Å². The molecule has 0 spiro atoms. The van der Waals surface area contributed by atoms with Crippen LogP contribution in [-0.2, 0) is 0 Å². The van der Waals surface area contributed by atoms with Crippen molar-refractivity contribution < 1.29 is 4.42 Å². The second-order valence-corrected chi connectivity index (χ2v) is 18.6. The van der Waals surface area contributed by atoms with Crippen molar-refractivity contribution in [1.82, 2.24) is 0 Å². The molecule has 1 heterocycles. The van der Waals surface area contributed by atoms with Crippen LogP contribution in [0.5, 0.6) is 0 Å². The molecule has 0 N–H and O–H groups in total. The van der Waals surface area contributed by atoms with E-state index in [0.717, 1.165) is 27.5 Å². The lowest BCUT2D eigenvalue weighted by Gasteiger charge is -2.35. The van der Waals surface area contributed by atoms with Gasteiger partial charge in [0.25, 0.3) is 0 Å². The molecule has 0 saturated carbocycles. The normalized spacial score (nSPS) is 11.9. The van der Waals surface area contributed by atoms with Gasteiger partial charge in [-0.1, -0.05) is 206 Å². The Hall–Kier alpha value is -7.00. The smallest absolute Gasteiger partial charge is 0.179 e. The summed E-state index contributed by atoms with van der Waals surface area (Å²) in [4.78, 5) is 0. The molecule has 1 aromatic heterocycles. The SMILES string of the molecule is c1ccc([Si](c2ccccc2)(c2ccccc2)c2cc(-c3c4ccccc4c(-c4ccc5ccccc5c4)c4ccccc34)c3oc4ccccc4c3c2)cc1. The van der Waals surface area contributed by atoms with E-state index >= 15 is 0 Å². The molecule has 0 atom stereocenters. The molecule has 0 aliphatic heterocycles. The highest BCUT2D eigenvalue weighted by Gasteiger charge is 2.42. The van der Waals surface area contributed by atoms with Crippen LogP contribution in [0, 0.1) is 0 Å². The first-order valence-electron chi connectivity index (χ1n) is 19.3. The van der Waals surface area contributed by atoms with Crippen LogP contribution in [-0.4, -0.2) is 8.07 Å². The first kappa shape index (κ1) is 32.4. The van der Waals surface area contributed by atoms with E-state index in [-0.39, 0.29) is 0 Å². The summed E-state index contributed by atoms with van der Waals surface area (Å²) in [7, 11) is -2.91. The Morgan fingerprint density at radius 1 is 0.304 bits per heavy atom.